The molecule has 24 heavy (non-hydrogen) atoms. The molecule has 0 aliphatic carbocycles. The molecule has 0 fully saturated rings. The standard InChI is InChI=1S/C18H23N3O3/c22-17(8-4-5-9-18(23)24)19-14-16-10-12-20-21(16)13-11-15-6-2-1-3-7-15/h1-3,6-7,10,12H,4-5,8-9,11,13-14H2,(H,19,22)(H,23,24). The molecule has 128 valence electrons. The van der Waals surface area contributed by atoms with E-state index in [4.69, 9.17) is 5.11 Å². The molecule has 6 heteroatoms. The van der Waals surface area contributed by atoms with Crippen LogP contribution >= 0.6 is 0 Å². The third kappa shape index (κ3) is 6.24. The van der Waals surface area contributed by atoms with E-state index in [-0.39, 0.29) is 12.3 Å². The average Bonchev–Trinajstić information content (AvgIpc) is 3.03. The van der Waals surface area contributed by atoms with Crippen molar-refractivity contribution in [3.63, 3.8) is 0 Å². The molecule has 2 N–H and O–H groups in total. The van der Waals surface area contributed by atoms with Gasteiger partial charge < -0.3 is 10.4 Å². The summed E-state index contributed by atoms with van der Waals surface area (Å²) in [4.78, 5) is 22.2. The molecule has 0 radical (unpaired) electrons. The van der Waals surface area contributed by atoms with Gasteiger partial charge in [-0.1, -0.05) is 30.3 Å². The van der Waals surface area contributed by atoms with Gasteiger partial charge >= 0.3 is 5.97 Å². The molecular weight excluding hydrogens is 306 g/mol. The molecule has 1 amide bonds. The van der Waals surface area contributed by atoms with Crippen molar-refractivity contribution in [3.05, 3.63) is 53.9 Å². The number of unbranched alkanes of at least 4 members (excludes halogenated alkanes) is 1. The van der Waals surface area contributed by atoms with Crippen molar-refractivity contribution >= 4 is 11.9 Å². The lowest BCUT2D eigenvalue weighted by Gasteiger charge is -2.09. The lowest BCUT2D eigenvalue weighted by molar-refractivity contribution is -0.137. The maximum absolute atomic E-state index is 11.8. The summed E-state index contributed by atoms with van der Waals surface area (Å²) in [5.41, 5.74) is 2.21. The summed E-state index contributed by atoms with van der Waals surface area (Å²) >= 11 is 0. The maximum Gasteiger partial charge on any atom is 0.303 e. The topological polar surface area (TPSA) is 84.2 Å². The molecule has 0 unspecified atom stereocenters. The summed E-state index contributed by atoms with van der Waals surface area (Å²) in [6.07, 6.45) is 4.20. The van der Waals surface area contributed by atoms with Gasteiger partial charge in [0, 0.05) is 25.6 Å². The van der Waals surface area contributed by atoms with Crippen LogP contribution in [-0.2, 0) is 29.1 Å². The van der Waals surface area contributed by atoms with E-state index in [9.17, 15) is 9.59 Å². The van der Waals surface area contributed by atoms with Crippen LogP contribution in [0.4, 0.5) is 0 Å². The highest BCUT2D eigenvalue weighted by molar-refractivity contribution is 5.75. The monoisotopic (exact) mass is 329 g/mol. The van der Waals surface area contributed by atoms with E-state index in [1.165, 1.54) is 5.56 Å². The van der Waals surface area contributed by atoms with Gasteiger partial charge in [-0.25, -0.2) is 0 Å². The van der Waals surface area contributed by atoms with Gasteiger partial charge in [0.25, 0.3) is 0 Å². The van der Waals surface area contributed by atoms with Crippen LogP contribution in [0.2, 0.25) is 0 Å². The second-order valence-corrected chi connectivity index (χ2v) is 5.66. The van der Waals surface area contributed by atoms with E-state index in [1.807, 2.05) is 28.9 Å². The molecule has 0 bridgehead atoms. The van der Waals surface area contributed by atoms with Crippen molar-refractivity contribution in [3.8, 4) is 0 Å². The minimum atomic E-state index is -0.822. The van der Waals surface area contributed by atoms with Crippen LogP contribution < -0.4 is 5.32 Å². The quantitative estimate of drug-likeness (QED) is 0.656. The number of nitrogens with zero attached hydrogens (tertiary/aromatic N) is 2. The highest BCUT2D eigenvalue weighted by Crippen LogP contribution is 2.05. The number of carbonyl (C=O) groups is 2. The van der Waals surface area contributed by atoms with Gasteiger partial charge in [-0.3, -0.25) is 14.3 Å². The van der Waals surface area contributed by atoms with E-state index in [0.717, 1.165) is 18.7 Å². The summed E-state index contributed by atoms with van der Waals surface area (Å²) in [6, 6.07) is 12.1. The fourth-order valence-corrected chi connectivity index (χ4v) is 2.43. The van der Waals surface area contributed by atoms with Crippen LogP contribution in [-0.4, -0.2) is 26.8 Å². The number of benzene rings is 1. The van der Waals surface area contributed by atoms with Crippen LogP contribution in [0.25, 0.3) is 0 Å². The molecule has 0 atom stereocenters. The minimum absolute atomic E-state index is 0.0591. The van der Waals surface area contributed by atoms with Crippen molar-refractivity contribution < 1.29 is 14.7 Å². The Labute approximate surface area is 141 Å². The molecule has 6 nitrogen and oxygen atoms in total. The van der Waals surface area contributed by atoms with Crippen LogP contribution in [0.15, 0.2) is 42.6 Å². The Kier molecular flexibility index (Phi) is 7.01. The number of hydrogen-bond donors (Lipinski definition) is 2. The largest absolute Gasteiger partial charge is 0.481 e. The predicted molar refractivity (Wildman–Crippen MR) is 90.3 cm³/mol. The predicted octanol–water partition coefficient (Wildman–Crippen LogP) is 2.39. The van der Waals surface area contributed by atoms with Gasteiger partial charge in [-0.2, -0.15) is 5.10 Å². The van der Waals surface area contributed by atoms with Crippen molar-refractivity contribution in [1.29, 1.82) is 0 Å². The number of aromatic nitrogens is 2. The second kappa shape index (κ2) is 9.50. The Hall–Kier alpha value is -2.63. The number of aliphatic carboxylic acids is 1. The Morgan fingerprint density at radius 2 is 1.83 bits per heavy atom. The van der Waals surface area contributed by atoms with Gasteiger partial charge in [0.2, 0.25) is 5.91 Å². The Balaban J connectivity index is 1.72. The van der Waals surface area contributed by atoms with Crippen LogP contribution in [0.3, 0.4) is 0 Å². The molecule has 2 rings (SSSR count). The number of carbonyl (C=O) groups excluding carboxylic acids is 1. The SMILES string of the molecule is O=C(O)CCCCC(=O)NCc1ccnn1CCc1ccccc1. The number of nitrogens with one attached hydrogen (secondary N) is 1. The molecule has 0 spiro atoms. The molecule has 0 aliphatic rings. The Morgan fingerprint density at radius 1 is 1.08 bits per heavy atom. The molecular formula is C18H23N3O3. The number of aryl methyl sites for hydroxylation is 2. The zero-order valence-electron chi connectivity index (χ0n) is 13.6. The third-order valence-corrected chi connectivity index (χ3v) is 3.77. The molecule has 1 heterocycles. The lowest BCUT2D eigenvalue weighted by Crippen LogP contribution is -2.24. The number of carboxylic acids is 1. The first-order valence-electron chi connectivity index (χ1n) is 8.18. The number of rotatable bonds is 10. The fourth-order valence-electron chi connectivity index (χ4n) is 2.43. The number of hydrogen-bond acceptors (Lipinski definition) is 3. The summed E-state index contributed by atoms with van der Waals surface area (Å²) in [5, 5.41) is 15.7. The van der Waals surface area contributed by atoms with Crippen LogP contribution in [0, 0.1) is 0 Å². The normalized spacial score (nSPS) is 10.5. The van der Waals surface area contributed by atoms with Gasteiger partial charge in [0.1, 0.15) is 0 Å². The van der Waals surface area contributed by atoms with E-state index < -0.39 is 5.97 Å². The van der Waals surface area contributed by atoms with Crippen molar-refractivity contribution in [1.82, 2.24) is 15.1 Å². The minimum Gasteiger partial charge on any atom is -0.481 e. The highest BCUT2D eigenvalue weighted by Gasteiger charge is 2.06. The zero-order chi connectivity index (χ0) is 17.2. The number of carboxylic acid groups (broad SMARTS) is 1. The average molecular weight is 329 g/mol. The van der Waals surface area contributed by atoms with E-state index in [2.05, 4.69) is 22.5 Å². The zero-order valence-corrected chi connectivity index (χ0v) is 13.6. The molecule has 2 aromatic rings. The summed E-state index contributed by atoms with van der Waals surface area (Å²) in [6.45, 7) is 1.20. The Bertz CT molecular complexity index is 653. The summed E-state index contributed by atoms with van der Waals surface area (Å²) < 4.78 is 1.90. The number of amides is 1. The first-order chi connectivity index (χ1) is 11.6. The van der Waals surface area contributed by atoms with Crippen LogP contribution in [0.5, 0.6) is 0 Å². The molecule has 0 aliphatic heterocycles. The van der Waals surface area contributed by atoms with Crippen LogP contribution in [0.1, 0.15) is 36.9 Å². The molecule has 1 aromatic heterocycles. The lowest BCUT2D eigenvalue weighted by atomic mass is 10.1. The molecule has 0 saturated carbocycles. The maximum atomic E-state index is 11.8. The van der Waals surface area contributed by atoms with Crippen molar-refractivity contribution in [2.24, 2.45) is 0 Å². The summed E-state index contributed by atoms with van der Waals surface area (Å²) in [5.74, 6) is -0.881. The van der Waals surface area contributed by atoms with E-state index in [0.29, 0.717) is 25.8 Å². The third-order valence-electron chi connectivity index (χ3n) is 3.77. The van der Waals surface area contributed by atoms with E-state index >= 15 is 0 Å². The summed E-state index contributed by atoms with van der Waals surface area (Å²) in [7, 11) is 0. The highest BCUT2D eigenvalue weighted by atomic mass is 16.4. The first kappa shape index (κ1) is 17.7. The van der Waals surface area contributed by atoms with Gasteiger partial charge in [-0.05, 0) is 30.9 Å². The molecule has 1 aromatic carbocycles. The first-order valence-corrected chi connectivity index (χ1v) is 8.18. The van der Waals surface area contributed by atoms with Crippen molar-refractivity contribution in [2.45, 2.75) is 45.2 Å². The van der Waals surface area contributed by atoms with Gasteiger partial charge in [0.05, 0.1) is 12.2 Å². The smallest absolute Gasteiger partial charge is 0.303 e. The van der Waals surface area contributed by atoms with E-state index in [1.54, 1.807) is 6.20 Å². The van der Waals surface area contributed by atoms with Crippen molar-refractivity contribution in [2.75, 3.05) is 0 Å². The second-order valence-electron chi connectivity index (χ2n) is 5.66. The Morgan fingerprint density at radius 3 is 2.58 bits per heavy atom. The van der Waals surface area contributed by atoms with Gasteiger partial charge in [0.15, 0.2) is 0 Å². The molecule has 0 saturated heterocycles. The fraction of sp³-hybridized carbons (Fsp3) is 0.389. The van der Waals surface area contributed by atoms with Gasteiger partial charge in [-0.15, -0.1) is 0 Å².